The summed E-state index contributed by atoms with van der Waals surface area (Å²) in [6, 6.07) is 11.2. The number of halogens is 2. The number of fused-ring (bicyclic) bond motifs is 1. The molecule has 4 rings (SSSR count). The fourth-order valence-corrected chi connectivity index (χ4v) is 2.72. The van der Waals surface area contributed by atoms with E-state index in [0.29, 0.717) is 27.6 Å². The molecule has 25 heavy (non-hydrogen) atoms. The standard InChI is InChI=1S/C17H11ClFN5O/c18-16-3-1-2-13(20-16)15-9-24(23-22-15)8-11-6-10-4-5-12(19)7-14(10)21-17(11)25/h1-7,9H,8H2,(H,21,25). The number of aromatic amines is 1. The lowest BCUT2D eigenvalue weighted by Gasteiger charge is -2.03. The number of hydrogen-bond donors (Lipinski definition) is 1. The maximum Gasteiger partial charge on any atom is 0.253 e. The summed E-state index contributed by atoms with van der Waals surface area (Å²) >= 11 is 5.88. The summed E-state index contributed by atoms with van der Waals surface area (Å²) in [7, 11) is 0. The van der Waals surface area contributed by atoms with Crippen LogP contribution in [0.2, 0.25) is 5.15 Å². The Morgan fingerprint density at radius 2 is 2.04 bits per heavy atom. The first-order chi connectivity index (χ1) is 12.1. The molecule has 0 aliphatic heterocycles. The molecule has 124 valence electrons. The lowest BCUT2D eigenvalue weighted by atomic mass is 10.1. The minimum Gasteiger partial charge on any atom is -0.322 e. The van der Waals surface area contributed by atoms with Crippen LogP contribution in [0, 0.1) is 5.82 Å². The van der Waals surface area contributed by atoms with E-state index in [2.05, 4.69) is 20.3 Å². The van der Waals surface area contributed by atoms with E-state index in [0.717, 1.165) is 5.39 Å². The smallest absolute Gasteiger partial charge is 0.253 e. The molecule has 0 bridgehead atoms. The molecule has 6 nitrogen and oxygen atoms in total. The zero-order chi connectivity index (χ0) is 17.4. The highest BCUT2D eigenvalue weighted by Gasteiger charge is 2.09. The van der Waals surface area contributed by atoms with Crippen LogP contribution < -0.4 is 5.56 Å². The predicted molar refractivity (Wildman–Crippen MR) is 91.9 cm³/mol. The van der Waals surface area contributed by atoms with Gasteiger partial charge in [-0.1, -0.05) is 22.9 Å². The summed E-state index contributed by atoms with van der Waals surface area (Å²) in [4.78, 5) is 19.1. The van der Waals surface area contributed by atoms with Gasteiger partial charge in [0.1, 0.15) is 16.7 Å². The Hall–Kier alpha value is -3.06. The van der Waals surface area contributed by atoms with E-state index in [4.69, 9.17) is 11.6 Å². The number of aromatic nitrogens is 5. The molecule has 0 fully saturated rings. The molecule has 0 amide bonds. The van der Waals surface area contributed by atoms with E-state index in [1.54, 1.807) is 36.5 Å². The molecule has 3 aromatic heterocycles. The summed E-state index contributed by atoms with van der Waals surface area (Å²) in [6.07, 6.45) is 1.69. The van der Waals surface area contributed by atoms with Gasteiger partial charge in [-0.05, 0) is 41.8 Å². The molecule has 4 aromatic rings. The zero-order valence-electron chi connectivity index (χ0n) is 12.8. The number of nitrogens with zero attached hydrogens (tertiary/aromatic N) is 4. The molecule has 0 aliphatic rings. The summed E-state index contributed by atoms with van der Waals surface area (Å²) in [5, 5.41) is 9.19. The first kappa shape index (κ1) is 15.5. The van der Waals surface area contributed by atoms with Crippen molar-refractivity contribution in [3.8, 4) is 11.4 Å². The molecule has 0 saturated heterocycles. The second-order valence-corrected chi connectivity index (χ2v) is 5.89. The Balaban J connectivity index is 1.67. The monoisotopic (exact) mass is 355 g/mol. The van der Waals surface area contributed by atoms with Crippen LogP contribution in [0.25, 0.3) is 22.3 Å². The average Bonchev–Trinajstić information content (AvgIpc) is 3.04. The van der Waals surface area contributed by atoms with E-state index in [1.165, 1.54) is 16.8 Å². The molecule has 0 aliphatic carbocycles. The topological polar surface area (TPSA) is 76.5 Å². The van der Waals surface area contributed by atoms with E-state index in [-0.39, 0.29) is 12.1 Å². The van der Waals surface area contributed by atoms with Gasteiger partial charge in [-0.15, -0.1) is 5.10 Å². The molecule has 3 heterocycles. The molecule has 0 atom stereocenters. The Morgan fingerprint density at radius 3 is 2.88 bits per heavy atom. The van der Waals surface area contributed by atoms with Crippen LogP contribution in [-0.4, -0.2) is 25.0 Å². The van der Waals surface area contributed by atoms with Crippen molar-refractivity contribution in [2.24, 2.45) is 0 Å². The third-order valence-corrected chi connectivity index (χ3v) is 3.94. The van der Waals surface area contributed by atoms with Gasteiger partial charge in [0, 0.05) is 5.56 Å². The Labute approximate surface area is 145 Å². The number of benzene rings is 1. The van der Waals surface area contributed by atoms with Crippen LogP contribution in [0.4, 0.5) is 4.39 Å². The van der Waals surface area contributed by atoms with Crippen molar-refractivity contribution >= 4 is 22.5 Å². The minimum atomic E-state index is -0.397. The molecule has 0 radical (unpaired) electrons. The van der Waals surface area contributed by atoms with Crippen molar-refractivity contribution in [1.82, 2.24) is 25.0 Å². The lowest BCUT2D eigenvalue weighted by molar-refractivity contribution is 0.629. The Kier molecular flexibility index (Phi) is 3.77. The molecule has 1 N–H and O–H groups in total. The van der Waals surface area contributed by atoms with Gasteiger partial charge in [0.15, 0.2) is 0 Å². The molecule has 1 aromatic carbocycles. The van der Waals surface area contributed by atoms with Crippen LogP contribution in [0.5, 0.6) is 0 Å². The van der Waals surface area contributed by atoms with Crippen LogP contribution in [0.3, 0.4) is 0 Å². The van der Waals surface area contributed by atoms with Crippen molar-refractivity contribution in [2.45, 2.75) is 6.54 Å². The minimum absolute atomic E-state index is 0.232. The van der Waals surface area contributed by atoms with E-state index in [1.807, 2.05) is 0 Å². The first-order valence-electron chi connectivity index (χ1n) is 7.43. The lowest BCUT2D eigenvalue weighted by Crippen LogP contribution is -2.16. The number of pyridine rings is 2. The van der Waals surface area contributed by atoms with Gasteiger partial charge >= 0.3 is 0 Å². The zero-order valence-corrected chi connectivity index (χ0v) is 13.5. The molecule has 0 unspecified atom stereocenters. The van der Waals surface area contributed by atoms with Gasteiger partial charge < -0.3 is 4.98 Å². The highest BCUT2D eigenvalue weighted by molar-refractivity contribution is 6.29. The Bertz CT molecular complexity index is 1140. The first-order valence-corrected chi connectivity index (χ1v) is 7.81. The van der Waals surface area contributed by atoms with E-state index < -0.39 is 5.82 Å². The third-order valence-electron chi connectivity index (χ3n) is 3.73. The average molecular weight is 356 g/mol. The van der Waals surface area contributed by atoms with Gasteiger partial charge in [-0.2, -0.15) is 0 Å². The predicted octanol–water partition coefficient (Wildman–Crippen LogP) is 3.02. The SMILES string of the molecule is O=c1[nH]c2cc(F)ccc2cc1Cn1cc(-c2cccc(Cl)n2)nn1. The van der Waals surface area contributed by atoms with Crippen molar-refractivity contribution in [1.29, 1.82) is 0 Å². The molecular weight excluding hydrogens is 345 g/mol. The summed E-state index contributed by atoms with van der Waals surface area (Å²) < 4.78 is 14.8. The number of nitrogens with one attached hydrogen (secondary N) is 1. The van der Waals surface area contributed by atoms with Gasteiger partial charge in [0.2, 0.25) is 0 Å². The quantitative estimate of drug-likeness (QED) is 0.573. The van der Waals surface area contributed by atoms with Crippen molar-refractivity contribution in [2.75, 3.05) is 0 Å². The normalized spacial score (nSPS) is 11.1. The van der Waals surface area contributed by atoms with Gasteiger partial charge in [0.05, 0.1) is 24.0 Å². The number of hydrogen-bond acceptors (Lipinski definition) is 4. The van der Waals surface area contributed by atoms with Crippen LogP contribution in [0.15, 0.2) is 53.5 Å². The van der Waals surface area contributed by atoms with E-state index >= 15 is 0 Å². The highest BCUT2D eigenvalue weighted by Crippen LogP contribution is 2.17. The van der Waals surface area contributed by atoms with Crippen LogP contribution >= 0.6 is 11.6 Å². The summed E-state index contributed by atoms with van der Waals surface area (Å²) in [5.41, 5.74) is 1.81. The molecule has 8 heteroatoms. The largest absolute Gasteiger partial charge is 0.322 e. The number of rotatable bonds is 3. The van der Waals surface area contributed by atoms with Gasteiger partial charge in [-0.3, -0.25) is 4.79 Å². The van der Waals surface area contributed by atoms with Crippen molar-refractivity contribution in [3.05, 3.63) is 75.5 Å². The summed E-state index contributed by atoms with van der Waals surface area (Å²) in [6.45, 7) is 0.232. The maximum atomic E-state index is 13.2. The van der Waals surface area contributed by atoms with Crippen molar-refractivity contribution < 1.29 is 4.39 Å². The Morgan fingerprint density at radius 1 is 1.16 bits per heavy atom. The van der Waals surface area contributed by atoms with Crippen LogP contribution in [0.1, 0.15) is 5.56 Å². The second kappa shape index (κ2) is 6.10. The maximum absolute atomic E-state index is 13.2. The fourth-order valence-electron chi connectivity index (χ4n) is 2.55. The number of H-pyrrole nitrogens is 1. The van der Waals surface area contributed by atoms with Crippen molar-refractivity contribution in [3.63, 3.8) is 0 Å². The fraction of sp³-hybridized carbons (Fsp3) is 0.0588. The van der Waals surface area contributed by atoms with E-state index in [9.17, 15) is 9.18 Å². The van der Waals surface area contributed by atoms with Crippen LogP contribution in [-0.2, 0) is 6.54 Å². The highest BCUT2D eigenvalue weighted by atomic mass is 35.5. The molecule has 0 spiro atoms. The molecular formula is C17H11ClFN5O. The third kappa shape index (κ3) is 3.14. The molecule has 0 saturated carbocycles. The van der Waals surface area contributed by atoms with Gasteiger partial charge in [0.25, 0.3) is 5.56 Å². The summed E-state index contributed by atoms with van der Waals surface area (Å²) in [5.74, 6) is -0.397. The second-order valence-electron chi connectivity index (χ2n) is 5.50. The van der Waals surface area contributed by atoms with Gasteiger partial charge in [-0.25, -0.2) is 14.1 Å².